The molecule has 0 N–H and O–H groups in total. The summed E-state index contributed by atoms with van der Waals surface area (Å²) in [5, 5.41) is 0.432. The van der Waals surface area contributed by atoms with E-state index in [1.165, 1.54) is 0 Å². The summed E-state index contributed by atoms with van der Waals surface area (Å²) in [5.41, 5.74) is 2.27. The molecule has 0 saturated carbocycles. The molecule has 104 valence electrons. The maximum absolute atomic E-state index is 12.4. The summed E-state index contributed by atoms with van der Waals surface area (Å²) in [6.07, 6.45) is 0. The molecule has 1 aromatic carbocycles. The number of carbonyl (C=O) groups excluding carboxylic acids is 1. The minimum absolute atomic E-state index is 0.125. The number of benzene rings is 1. The molecule has 0 spiro atoms. The zero-order valence-electron chi connectivity index (χ0n) is 11.2. The smallest absolute Gasteiger partial charge is 0.255 e. The summed E-state index contributed by atoms with van der Waals surface area (Å²) in [6, 6.07) is 11.1. The standard InChI is InChI=1S/C15H14BrClN2O/c1-10-5-3-6-11(18-10)9-19(2)15(20)12-7-4-8-13(16)14(12)17/h3-8H,9H2,1-2H3. The Labute approximate surface area is 131 Å². The fourth-order valence-electron chi connectivity index (χ4n) is 1.88. The third-order valence-electron chi connectivity index (χ3n) is 2.87. The number of nitrogens with zero attached hydrogens (tertiary/aromatic N) is 2. The monoisotopic (exact) mass is 352 g/mol. The molecular weight excluding hydrogens is 340 g/mol. The lowest BCUT2D eigenvalue weighted by Crippen LogP contribution is -2.27. The number of aryl methyl sites for hydroxylation is 1. The van der Waals surface area contributed by atoms with E-state index < -0.39 is 0 Å². The van der Waals surface area contributed by atoms with Gasteiger partial charge in [-0.15, -0.1) is 0 Å². The molecule has 0 bridgehead atoms. The first-order valence-corrected chi connectivity index (χ1v) is 7.28. The van der Waals surface area contributed by atoms with Crippen LogP contribution in [0.5, 0.6) is 0 Å². The van der Waals surface area contributed by atoms with Gasteiger partial charge in [-0.3, -0.25) is 9.78 Å². The van der Waals surface area contributed by atoms with Gasteiger partial charge in [0.05, 0.1) is 22.8 Å². The van der Waals surface area contributed by atoms with Crippen molar-refractivity contribution >= 4 is 33.4 Å². The highest BCUT2D eigenvalue weighted by molar-refractivity contribution is 9.10. The van der Waals surface area contributed by atoms with E-state index in [1.807, 2.05) is 25.1 Å². The van der Waals surface area contributed by atoms with Gasteiger partial charge in [-0.05, 0) is 47.1 Å². The van der Waals surface area contributed by atoms with Crippen molar-refractivity contribution in [3.8, 4) is 0 Å². The fourth-order valence-corrected chi connectivity index (χ4v) is 2.45. The highest BCUT2D eigenvalue weighted by Crippen LogP contribution is 2.27. The predicted octanol–water partition coefficient (Wildman–Crippen LogP) is 4.08. The van der Waals surface area contributed by atoms with Crippen LogP contribution in [-0.4, -0.2) is 22.8 Å². The van der Waals surface area contributed by atoms with Crippen LogP contribution in [0.25, 0.3) is 0 Å². The first-order valence-electron chi connectivity index (χ1n) is 6.11. The Hall–Kier alpha value is -1.39. The molecule has 0 unspecified atom stereocenters. The number of carbonyl (C=O) groups is 1. The van der Waals surface area contributed by atoms with Gasteiger partial charge < -0.3 is 4.90 Å². The quantitative estimate of drug-likeness (QED) is 0.833. The van der Waals surface area contributed by atoms with Gasteiger partial charge in [-0.25, -0.2) is 0 Å². The molecule has 2 rings (SSSR count). The molecular formula is C15H14BrClN2O. The summed E-state index contributed by atoms with van der Waals surface area (Å²) < 4.78 is 0.715. The van der Waals surface area contributed by atoms with Crippen LogP contribution in [0.15, 0.2) is 40.9 Å². The van der Waals surface area contributed by atoms with Crippen molar-refractivity contribution in [3.63, 3.8) is 0 Å². The van der Waals surface area contributed by atoms with E-state index in [1.54, 1.807) is 30.1 Å². The normalized spacial score (nSPS) is 10.4. The third kappa shape index (κ3) is 3.38. The fraction of sp³-hybridized carbons (Fsp3) is 0.200. The molecule has 0 atom stereocenters. The summed E-state index contributed by atoms with van der Waals surface area (Å²) in [5.74, 6) is -0.125. The van der Waals surface area contributed by atoms with E-state index in [-0.39, 0.29) is 5.91 Å². The number of hydrogen-bond acceptors (Lipinski definition) is 2. The van der Waals surface area contributed by atoms with Crippen molar-refractivity contribution in [2.75, 3.05) is 7.05 Å². The van der Waals surface area contributed by atoms with Crippen LogP contribution in [0.2, 0.25) is 5.02 Å². The summed E-state index contributed by atoms with van der Waals surface area (Å²) in [6.45, 7) is 2.37. The molecule has 0 radical (unpaired) electrons. The molecule has 0 aliphatic heterocycles. The molecule has 1 aromatic heterocycles. The van der Waals surface area contributed by atoms with E-state index in [9.17, 15) is 4.79 Å². The molecule has 0 aliphatic carbocycles. The number of pyridine rings is 1. The van der Waals surface area contributed by atoms with Crippen LogP contribution in [0.3, 0.4) is 0 Å². The summed E-state index contributed by atoms with van der Waals surface area (Å²) >= 11 is 9.48. The second-order valence-electron chi connectivity index (χ2n) is 4.53. The summed E-state index contributed by atoms with van der Waals surface area (Å²) in [4.78, 5) is 18.4. The highest BCUT2D eigenvalue weighted by atomic mass is 79.9. The third-order valence-corrected chi connectivity index (χ3v) is 4.17. The SMILES string of the molecule is Cc1cccc(CN(C)C(=O)c2cccc(Br)c2Cl)n1. The average Bonchev–Trinajstić information content (AvgIpc) is 2.41. The Kier molecular flexibility index (Phi) is 4.78. The lowest BCUT2D eigenvalue weighted by molar-refractivity contribution is 0.0783. The van der Waals surface area contributed by atoms with Crippen molar-refractivity contribution in [1.29, 1.82) is 0 Å². The zero-order valence-corrected chi connectivity index (χ0v) is 13.6. The first kappa shape index (κ1) is 15.0. The van der Waals surface area contributed by atoms with E-state index in [0.29, 0.717) is 21.6 Å². The number of rotatable bonds is 3. The maximum atomic E-state index is 12.4. The number of aromatic nitrogens is 1. The van der Waals surface area contributed by atoms with Crippen LogP contribution >= 0.6 is 27.5 Å². The van der Waals surface area contributed by atoms with Gasteiger partial charge in [0.2, 0.25) is 0 Å². The first-order chi connectivity index (χ1) is 9.49. The topological polar surface area (TPSA) is 33.2 Å². The van der Waals surface area contributed by atoms with E-state index >= 15 is 0 Å². The second-order valence-corrected chi connectivity index (χ2v) is 5.77. The highest BCUT2D eigenvalue weighted by Gasteiger charge is 2.17. The summed E-state index contributed by atoms with van der Waals surface area (Å²) in [7, 11) is 1.74. The van der Waals surface area contributed by atoms with Gasteiger partial charge in [-0.2, -0.15) is 0 Å². The maximum Gasteiger partial charge on any atom is 0.255 e. The van der Waals surface area contributed by atoms with Gasteiger partial charge in [0.15, 0.2) is 0 Å². The Morgan fingerprint density at radius 1 is 1.30 bits per heavy atom. The van der Waals surface area contributed by atoms with Gasteiger partial charge in [0, 0.05) is 17.2 Å². The van der Waals surface area contributed by atoms with Crippen molar-refractivity contribution in [1.82, 2.24) is 9.88 Å². The number of hydrogen-bond donors (Lipinski definition) is 0. The van der Waals surface area contributed by atoms with Crippen LogP contribution in [-0.2, 0) is 6.54 Å². The molecule has 1 heterocycles. The Balaban J connectivity index is 2.19. The van der Waals surface area contributed by atoms with Crippen molar-refractivity contribution < 1.29 is 4.79 Å². The lowest BCUT2D eigenvalue weighted by atomic mass is 10.2. The largest absolute Gasteiger partial charge is 0.336 e. The lowest BCUT2D eigenvalue weighted by Gasteiger charge is -2.18. The predicted molar refractivity (Wildman–Crippen MR) is 83.9 cm³/mol. The van der Waals surface area contributed by atoms with Crippen LogP contribution in [0.4, 0.5) is 0 Å². The van der Waals surface area contributed by atoms with Crippen molar-refractivity contribution in [2.45, 2.75) is 13.5 Å². The Bertz CT molecular complexity index is 646. The molecule has 0 fully saturated rings. The van der Waals surface area contributed by atoms with Crippen LogP contribution in [0, 0.1) is 6.92 Å². The van der Waals surface area contributed by atoms with Gasteiger partial charge >= 0.3 is 0 Å². The molecule has 2 aromatic rings. The minimum atomic E-state index is -0.125. The van der Waals surface area contributed by atoms with Gasteiger partial charge in [0.25, 0.3) is 5.91 Å². The molecule has 1 amide bonds. The van der Waals surface area contributed by atoms with Crippen LogP contribution < -0.4 is 0 Å². The van der Waals surface area contributed by atoms with Crippen LogP contribution in [0.1, 0.15) is 21.7 Å². The van der Waals surface area contributed by atoms with Gasteiger partial charge in [0.1, 0.15) is 0 Å². The number of amides is 1. The molecule has 5 heteroatoms. The Morgan fingerprint density at radius 3 is 2.70 bits per heavy atom. The van der Waals surface area contributed by atoms with Gasteiger partial charge in [-0.1, -0.05) is 23.7 Å². The van der Waals surface area contributed by atoms with E-state index in [2.05, 4.69) is 20.9 Å². The van der Waals surface area contributed by atoms with E-state index in [0.717, 1.165) is 11.4 Å². The molecule has 0 saturated heterocycles. The zero-order chi connectivity index (χ0) is 14.7. The average molecular weight is 354 g/mol. The minimum Gasteiger partial charge on any atom is -0.336 e. The molecule has 0 aliphatic rings. The van der Waals surface area contributed by atoms with E-state index in [4.69, 9.17) is 11.6 Å². The Morgan fingerprint density at radius 2 is 2.00 bits per heavy atom. The van der Waals surface area contributed by atoms with Crippen molar-refractivity contribution in [3.05, 3.63) is 62.8 Å². The molecule has 3 nitrogen and oxygen atoms in total. The molecule has 20 heavy (non-hydrogen) atoms. The number of halogens is 2. The van der Waals surface area contributed by atoms with Crippen molar-refractivity contribution in [2.24, 2.45) is 0 Å². The second kappa shape index (κ2) is 6.37.